The largest absolute Gasteiger partial charge is 0.507 e. The molecule has 0 spiro atoms. The number of phenols is 1. The fraction of sp³-hybridized carbons (Fsp3) is 0.310. The van der Waals surface area contributed by atoms with E-state index in [-0.39, 0.29) is 10.8 Å². The summed E-state index contributed by atoms with van der Waals surface area (Å²) in [5.41, 5.74) is 2.34. The van der Waals surface area contributed by atoms with E-state index < -0.39 is 5.82 Å². The molecule has 4 rings (SSSR count). The van der Waals surface area contributed by atoms with Gasteiger partial charge in [-0.25, -0.2) is 9.37 Å². The van der Waals surface area contributed by atoms with Crippen molar-refractivity contribution in [3.8, 4) is 28.0 Å². The van der Waals surface area contributed by atoms with E-state index in [2.05, 4.69) is 28.6 Å². The lowest BCUT2D eigenvalue weighted by Crippen LogP contribution is -2.49. The number of aromatic nitrogens is 1. The second kappa shape index (κ2) is 11.8. The van der Waals surface area contributed by atoms with E-state index in [1.807, 2.05) is 20.2 Å². The van der Waals surface area contributed by atoms with Crippen LogP contribution in [0.2, 0.25) is 5.02 Å². The fourth-order valence-corrected chi connectivity index (χ4v) is 4.80. The van der Waals surface area contributed by atoms with Crippen molar-refractivity contribution < 1.29 is 14.3 Å². The number of nitrogens with zero attached hydrogens (tertiary/aromatic N) is 5. The lowest BCUT2D eigenvalue weighted by Gasteiger charge is -2.37. The Kier molecular flexibility index (Phi) is 8.54. The number of phenolic OH excluding ortho intramolecular Hbond substituents is 1. The third-order valence-corrected chi connectivity index (χ3v) is 6.98. The standard InChI is InChI=1S/C29H33ClFN5O2/c1-20(2)34-11-13-35(14-12-34)28-16-22(7-8-32-28)25-18-23(31)17-24(29(25)38)21-5-6-27(26(30)15-21)36(19-37)10-9-33(3)4/h5-10,15-20,38H,11-14H2,1-4H3/b10-9-. The Labute approximate surface area is 228 Å². The molecule has 1 fully saturated rings. The van der Waals surface area contributed by atoms with Gasteiger partial charge < -0.3 is 14.9 Å². The third kappa shape index (κ3) is 6.09. The number of hydrogen-bond acceptors (Lipinski definition) is 6. The number of piperazine rings is 1. The number of pyridine rings is 1. The van der Waals surface area contributed by atoms with Gasteiger partial charge in [-0.15, -0.1) is 0 Å². The smallest absolute Gasteiger partial charge is 0.218 e. The van der Waals surface area contributed by atoms with E-state index in [9.17, 15) is 14.3 Å². The van der Waals surface area contributed by atoms with Crippen molar-refractivity contribution in [3.05, 3.63) is 71.9 Å². The number of aromatic hydroxyl groups is 1. The molecular weight excluding hydrogens is 505 g/mol. The van der Waals surface area contributed by atoms with E-state index in [1.165, 1.54) is 17.0 Å². The van der Waals surface area contributed by atoms with Crippen LogP contribution in [-0.4, -0.2) is 72.6 Å². The van der Waals surface area contributed by atoms with E-state index in [0.717, 1.165) is 32.0 Å². The molecule has 2 aromatic carbocycles. The molecule has 38 heavy (non-hydrogen) atoms. The van der Waals surface area contributed by atoms with Crippen LogP contribution in [0.4, 0.5) is 15.9 Å². The summed E-state index contributed by atoms with van der Waals surface area (Å²) in [5.74, 6) is 0.250. The Morgan fingerprint density at radius 2 is 1.66 bits per heavy atom. The maximum Gasteiger partial charge on any atom is 0.218 e. The lowest BCUT2D eigenvalue weighted by atomic mass is 9.97. The van der Waals surface area contributed by atoms with Gasteiger partial charge in [0.15, 0.2) is 0 Å². The summed E-state index contributed by atoms with van der Waals surface area (Å²) in [6, 6.07) is 11.7. The molecule has 0 unspecified atom stereocenters. The van der Waals surface area contributed by atoms with Gasteiger partial charge in [0, 0.05) is 76.0 Å². The first-order chi connectivity index (χ1) is 18.2. The molecule has 1 saturated heterocycles. The molecule has 1 aliphatic heterocycles. The normalized spacial score (nSPS) is 14.3. The Bertz CT molecular complexity index is 1320. The molecule has 200 valence electrons. The Morgan fingerprint density at radius 1 is 1.00 bits per heavy atom. The van der Waals surface area contributed by atoms with E-state index in [1.54, 1.807) is 47.8 Å². The van der Waals surface area contributed by atoms with E-state index in [0.29, 0.717) is 40.4 Å². The highest BCUT2D eigenvalue weighted by Gasteiger charge is 2.21. The zero-order chi connectivity index (χ0) is 27.4. The van der Waals surface area contributed by atoms with Crippen molar-refractivity contribution in [2.24, 2.45) is 0 Å². The van der Waals surface area contributed by atoms with Crippen molar-refractivity contribution in [1.29, 1.82) is 0 Å². The van der Waals surface area contributed by atoms with E-state index in [4.69, 9.17) is 11.6 Å². The molecule has 0 bridgehead atoms. The highest BCUT2D eigenvalue weighted by molar-refractivity contribution is 6.34. The maximum atomic E-state index is 14.8. The molecule has 9 heteroatoms. The van der Waals surface area contributed by atoms with Crippen LogP contribution in [0, 0.1) is 5.82 Å². The lowest BCUT2D eigenvalue weighted by molar-refractivity contribution is -0.106. The molecule has 1 aromatic heterocycles. The maximum absolute atomic E-state index is 14.8. The summed E-state index contributed by atoms with van der Waals surface area (Å²) in [7, 11) is 3.68. The van der Waals surface area contributed by atoms with Crippen molar-refractivity contribution in [2.45, 2.75) is 19.9 Å². The van der Waals surface area contributed by atoms with Gasteiger partial charge in [-0.2, -0.15) is 0 Å². The summed E-state index contributed by atoms with van der Waals surface area (Å²) < 4.78 is 14.8. The predicted octanol–water partition coefficient (Wildman–Crippen LogP) is 5.44. The van der Waals surface area contributed by atoms with Gasteiger partial charge in [-0.1, -0.05) is 17.7 Å². The van der Waals surface area contributed by atoms with Crippen molar-refractivity contribution in [3.63, 3.8) is 0 Å². The average molecular weight is 538 g/mol. The van der Waals surface area contributed by atoms with Crippen LogP contribution in [0.3, 0.4) is 0 Å². The molecule has 1 aliphatic rings. The van der Waals surface area contributed by atoms with Crippen LogP contribution >= 0.6 is 11.6 Å². The molecular formula is C29H33ClFN5O2. The zero-order valence-corrected chi connectivity index (χ0v) is 22.9. The molecule has 3 aromatic rings. The Balaban J connectivity index is 1.65. The minimum absolute atomic E-state index is 0.0586. The van der Waals surface area contributed by atoms with Crippen LogP contribution in [0.25, 0.3) is 22.3 Å². The summed E-state index contributed by atoms with van der Waals surface area (Å²) in [6.07, 6.45) is 5.65. The predicted molar refractivity (Wildman–Crippen MR) is 152 cm³/mol. The van der Waals surface area contributed by atoms with Gasteiger partial charge in [-0.3, -0.25) is 14.6 Å². The minimum atomic E-state index is -0.486. The number of carbonyl (C=O) groups excluding carboxylic acids is 1. The molecule has 0 aliphatic carbocycles. The summed E-state index contributed by atoms with van der Waals surface area (Å²) >= 11 is 6.51. The highest BCUT2D eigenvalue weighted by Crippen LogP contribution is 2.41. The third-order valence-electron chi connectivity index (χ3n) is 6.68. The summed E-state index contributed by atoms with van der Waals surface area (Å²) in [6.45, 7) is 7.98. The summed E-state index contributed by atoms with van der Waals surface area (Å²) in [4.78, 5) is 23.9. The van der Waals surface area contributed by atoms with Gasteiger partial charge in [0.1, 0.15) is 17.4 Å². The topological polar surface area (TPSA) is 63.2 Å². The number of hydrogen-bond donors (Lipinski definition) is 1. The first-order valence-corrected chi connectivity index (χ1v) is 12.9. The monoisotopic (exact) mass is 537 g/mol. The number of carbonyl (C=O) groups is 1. The molecule has 0 saturated carbocycles. The van der Waals surface area contributed by atoms with Crippen LogP contribution < -0.4 is 9.80 Å². The summed E-state index contributed by atoms with van der Waals surface area (Å²) in [5, 5.41) is 11.5. The second-order valence-electron chi connectivity index (χ2n) is 9.81. The molecule has 2 heterocycles. The minimum Gasteiger partial charge on any atom is -0.507 e. The van der Waals surface area contributed by atoms with Gasteiger partial charge in [0.2, 0.25) is 6.41 Å². The molecule has 0 radical (unpaired) electrons. The van der Waals surface area contributed by atoms with Crippen LogP contribution in [0.5, 0.6) is 5.75 Å². The number of halogens is 2. The highest BCUT2D eigenvalue weighted by atomic mass is 35.5. The number of benzene rings is 2. The number of anilines is 2. The van der Waals surface area contributed by atoms with E-state index >= 15 is 0 Å². The Hall–Kier alpha value is -3.62. The first kappa shape index (κ1) is 27.4. The first-order valence-electron chi connectivity index (χ1n) is 12.5. The number of amides is 1. The van der Waals surface area contributed by atoms with Crippen LogP contribution in [0.1, 0.15) is 13.8 Å². The van der Waals surface area contributed by atoms with Crippen LogP contribution in [0.15, 0.2) is 61.1 Å². The molecule has 1 N–H and O–H groups in total. The molecule has 7 nitrogen and oxygen atoms in total. The average Bonchev–Trinajstić information content (AvgIpc) is 2.90. The molecule has 0 atom stereocenters. The quantitative estimate of drug-likeness (QED) is 0.386. The van der Waals surface area contributed by atoms with Crippen LogP contribution in [-0.2, 0) is 4.79 Å². The van der Waals surface area contributed by atoms with Gasteiger partial charge in [0.05, 0.1) is 10.7 Å². The van der Waals surface area contributed by atoms with Crippen molar-refractivity contribution in [2.75, 3.05) is 50.1 Å². The van der Waals surface area contributed by atoms with Crippen molar-refractivity contribution in [1.82, 2.24) is 14.8 Å². The number of rotatable bonds is 8. The second-order valence-corrected chi connectivity index (χ2v) is 10.2. The SMILES string of the molecule is CC(C)N1CCN(c2cc(-c3cc(F)cc(-c4ccc(N(C=O)/C=C\N(C)C)c(Cl)c4)c3O)ccn2)CC1. The Morgan fingerprint density at radius 3 is 2.24 bits per heavy atom. The van der Waals surface area contributed by atoms with Gasteiger partial charge >= 0.3 is 0 Å². The van der Waals surface area contributed by atoms with Gasteiger partial charge in [-0.05, 0) is 61.4 Å². The van der Waals surface area contributed by atoms with Gasteiger partial charge in [0.25, 0.3) is 0 Å². The fourth-order valence-electron chi connectivity index (χ4n) is 4.53. The van der Waals surface area contributed by atoms with Crippen molar-refractivity contribution >= 4 is 29.5 Å². The zero-order valence-electron chi connectivity index (χ0n) is 22.1. The molecule has 1 amide bonds.